The molecule has 0 saturated heterocycles. The van der Waals surface area contributed by atoms with Crippen LogP contribution in [0.5, 0.6) is 11.6 Å². The Labute approximate surface area is 113 Å². The smallest absolute Gasteiger partial charge is 0.222 e. The summed E-state index contributed by atoms with van der Waals surface area (Å²) in [6.45, 7) is 0. The van der Waals surface area contributed by atoms with Crippen LogP contribution in [0, 0.1) is 11.3 Å². The SMILES string of the molecule is COc1ccccc1NN=C(C#N)c1nc(O)cs1. The van der Waals surface area contributed by atoms with Crippen molar-refractivity contribution in [2.24, 2.45) is 5.10 Å². The number of para-hydroxylation sites is 2. The van der Waals surface area contributed by atoms with E-state index in [9.17, 15) is 0 Å². The highest BCUT2D eigenvalue weighted by Gasteiger charge is 2.09. The van der Waals surface area contributed by atoms with E-state index in [4.69, 9.17) is 15.1 Å². The molecule has 0 radical (unpaired) electrons. The number of nitrogens with one attached hydrogen (secondary N) is 1. The number of rotatable bonds is 4. The molecule has 1 aromatic heterocycles. The van der Waals surface area contributed by atoms with E-state index in [2.05, 4.69) is 15.5 Å². The van der Waals surface area contributed by atoms with E-state index >= 15 is 0 Å². The second-order valence-electron chi connectivity index (χ2n) is 3.40. The molecule has 7 heteroatoms. The predicted molar refractivity (Wildman–Crippen MR) is 72.5 cm³/mol. The van der Waals surface area contributed by atoms with Crippen LogP contribution < -0.4 is 10.2 Å². The molecular formula is C12H10N4O2S. The Morgan fingerprint density at radius 1 is 1.53 bits per heavy atom. The maximum Gasteiger partial charge on any atom is 0.222 e. The number of thiazole rings is 1. The number of aromatic nitrogens is 1. The van der Waals surface area contributed by atoms with Crippen molar-refractivity contribution in [3.63, 3.8) is 0 Å². The molecule has 0 spiro atoms. The normalized spacial score (nSPS) is 10.8. The molecule has 0 aliphatic heterocycles. The van der Waals surface area contributed by atoms with Crippen LogP contribution >= 0.6 is 11.3 Å². The molecule has 96 valence electrons. The van der Waals surface area contributed by atoms with Gasteiger partial charge in [-0.1, -0.05) is 12.1 Å². The Morgan fingerprint density at radius 2 is 2.32 bits per heavy atom. The third-order valence-corrected chi connectivity index (χ3v) is 3.03. The summed E-state index contributed by atoms with van der Waals surface area (Å²) in [5.74, 6) is 0.491. The van der Waals surface area contributed by atoms with Crippen molar-refractivity contribution in [1.82, 2.24) is 4.98 Å². The maximum absolute atomic E-state index is 9.16. The van der Waals surface area contributed by atoms with Crippen molar-refractivity contribution in [2.45, 2.75) is 0 Å². The summed E-state index contributed by atoms with van der Waals surface area (Å²) in [6, 6.07) is 9.13. The fraction of sp³-hybridized carbons (Fsp3) is 0.0833. The van der Waals surface area contributed by atoms with Crippen molar-refractivity contribution >= 4 is 22.7 Å². The number of hydrogen-bond donors (Lipinski definition) is 2. The number of nitriles is 1. The lowest BCUT2D eigenvalue weighted by atomic mass is 10.3. The molecule has 0 atom stereocenters. The third kappa shape index (κ3) is 3.00. The van der Waals surface area contributed by atoms with Gasteiger partial charge in [-0.05, 0) is 12.1 Å². The molecule has 0 bridgehead atoms. The van der Waals surface area contributed by atoms with Gasteiger partial charge in [0.1, 0.15) is 11.8 Å². The first-order valence-corrected chi connectivity index (χ1v) is 6.14. The van der Waals surface area contributed by atoms with E-state index < -0.39 is 0 Å². The highest BCUT2D eigenvalue weighted by Crippen LogP contribution is 2.23. The van der Waals surface area contributed by atoms with Crippen LogP contribution in [-0.4, -0.2) is 22.9 Å². The van der Waals surface area contributed by atoms with Crippen LogP contribution in [0.2, 0.25) is 0 Å². The van der Waals surface area contributed by atoms with Gasteiger partial charge in [-0.15, -0.1) is 11.3 Å². The third-order valence-electron chi connectivity index (χ3n) is 2.20. The minimum atomic E-state index is -0.125. The van der Waals surface area contributed by atoms with Crippen LogP contribution in [0.1, 0.15) is 5.01 Å². The number of hydrogen-bond acceptors (Lipinski definition) is 7. The second kappa shape index (κ2) is 5.84. The van der Waals surface area contributed by atoms with Crippen molar-refractivity contribution in [3.8, 4) is 17.7 Å². The van der Waals surface area contributed by atoms with Gasteiger partial charge in [0, 0.05) is 0 Å². The zero-order chi connectivity index (χ0) is 13.7. The van der Waals surface area contributed by atoms with Crippen molar-refractivity contribution < 1.29 is 9.84 Å². The monoisotopic (exact) mass is 274 g/mol. The van der Waals surface area contributed by atoms with E-state index in [1.54, 1.807) is 19.2 Å². The Balaban J connectivity index is 2.23. The summed E-state index contributed by atoms with van der Waals surface area (Å²) in [7, 11) is 1.55. The maximum atomic E-state index is 9.16. The standard InChI is InChI=1S/C12H10N4O2S/c1-18-10-5-3-2-4-8(10)15-16-9(6-13)12-14-11(17)7-19-12/h2-5,7,15,17H,1H3. The molecule has 0 saturated carbocycles. The fourth-order valence-corrected chi connectivity index (χ4v) is 1.97. The number of aromatic hydroxyl groups is 1. The number of ether oxygens (including phenoxy) is 1. The summed E-state index contributed by atoms with van der Waals surface area (Å²) in [6.07, 6.45) is 0. The number of benzene rings is 1. The van der Waals surface area contributed by atoms with Gasteiger partial charge in [0.05, 0.1) is 18.2 Å². The minimum absolute atomic E-state index is 0.0937. The van der Waals surface area contributed by atoms with E-state index in [0.717, 1.165) is 11.3 Å². The molecule has 1 aromatic carbocycles. The number of hydrazone groups is 1. The Bertz CT molecular complexity index is 645. The fourth-order valence-electron chi connectivity index (χ4n) is 1.35. The summed E-state index contributed by atoms with van der Waals surface area (Å²) in [4.78, 5) is 3.79. The molecule has 2 N–H and O–H groups in total. The van der Waals surface area contributed by atoms with Gasteiger partial charge in [-0.3, -0.25) is 5.43 Å². The zero-order valence-corrected chi connectivity index (χ0v) is 10.8. The van der Waals surface area contributed by atoms with Crippen molar-refractivity contribution in [1.29, 1.82) is 5.26 Å². The molecular weight excluding hydrogens is 264 g/mol. The Hall–Kier alpha value is -2.59. The van der Waals surface area contributed by atoms with Crippen LogP contribution in [0.3, 0.4) is 0 Å². The molecule has 2 rings (SSSR count). The Morgan fingerprint density at radius 3 is 2.95 bits per heavy atom. The van der Waals surface area contributed by atoms with Crippen LogP contribution in [-0.2, 0) is 0 Å². The van der Waals surface area contributed by atoms with Gasteiger partial charge in [0.15, 0.2) is 10.7 Å². The lowest BCUT2D eigenvalue weighted by Gasteiger charge is -2.06. The van der Waals surface area contributed by atoms with E-state index in [1.165, 1.54) is 5.38 Å². The molecule has 0 aliphatic carbocycles. The Kier molecular flexibility index (Phi) is 3.95. The number of nitrogens with zero attached hydrogens (tertiary/aromatic N) is 3. The largest absolute Gasteiger partial charge is 0.495 e. The van der Waals surface area contributed by atoms with E-state index in [-0.39, 0.29) is 11.6 Å². The van der Waals surface area contributed by atoms with Crippen LogP contribution in [0.25, 0.3) is 0 Å². The van der Waals surface area contributed by atoms with Crippen molar-refractivity contribution in [3.05, 3.63) is 34.7 Å². The topological polar surface area (TPSA) is 90.5 Å². The van der Waals surface area contributed by atoms with E-state index in [0.29, 0.717) is 16.4 Å². The lowest BCUT2D eigenvalue weighted by Crippen LogP contribution is -2.02. The molecule has 0 unspecified atom stereocenters. The van der Waals surface area contributed by atoms with Crippen molar-refractivity contribution in [2.75, 3.05) is 12.5 Å². The van der Waals surface area contributed by atoms with Crippen LogP contribution in [0.4, 0.5) is 5.69 Å². The van der Waals surface area contributed by atoms with Gasteiger partial charge in [0.25, 0.3) is 0 Å². The van der Waals surface area contributed by atoms with E-state index in [1.807, 2.05) is 18.2 Å². The highest BCUT2D eigenvalue weighted by molar-refractivity contribution is 7.12. The lowest BCUT2D eigenvalue weighted by molar-refractivity contribution is 0.416. The first-order valence-electron chi connectivity index (χ1n) is 5.26. The average Bonchev–Trinajstić information content (AvgIpc) is 2.86. The van der Waals surface area contributed by atoms with Gasteiger partial charge in [-0.25, -0.2) is 0 Å². The summed E-state index contributed by atoms with van der Waals surface area (Å²) in [5.41, 5.74) is 3.48. The molecule has 0 aliphatic rings. The first kappa shape index (κ1) is 12.9. The summed E-state index contributed by atoms with van der Waals surface area (Å²) in [5, 5.41) is 23.9. The second-order valence-corrected chi connectivity index (χ2v) is 4.25. The van der Waals surface area contributed by atoms with Gasteiger partial charge in [0.2, 0.25) is 5.88 Å². The van der Waals surface area contributed by atoms with Gasteiger partial charge in [-0.2, -0.15) is 15.3 Å². The summed E-state index contributed by atoms with van der Waals surface area (Å²) >= 11 is 1.14. The predicted octanol–water partition coefficient (Wildman–Crippen LogP) is 2.20. The number of methoxy groups -OCH3 is 1. The minimum Gasteiger partial charge on any atom is -0.495 e. The molecule has 0 fully saturated rings. The molecule has 2 aromatic rings. The van der Waals surface area contributed by atoms with Gasteiger partial charge < -0.3 is 9.84 Å². The quantitative estimate of drug-likeness (QED) is 0.659. The molecule has 6 nitrogen and oxygen atoms in total. The number of anilines is 1. The first-order chi connectivity index (χ1) is 9.24. The summed E-state index contributed by atoms with van der Waals surface area (Å²) < 4.78 is 5.15. The zero-order valence-electron chi connectivity index (χ0n) is 9.99. The molecule has 19 heavy (non-hydrogen) atoms. The highest BCUT2D eigenvalue weighted by atomic mass is 32.1. The molecule has 0 amide bonds. The van der Waals surface area contributed by atoms with Gasteiger partial charge >= 0.3 is 0 Å². The average molecular weight is 274 g/mol. The molecule has 1 heterocycles. The van der Waals surface area contributed by atoms with Crippen LogP contribution in [0.15, 0.2) is 34.7 Å².